The van der Waals surface area contributed by atoms with E-state index in [2.05, 4.69) is 14.3 Å². The molecule has 0 aliphatic carbocycles. The number of benzene rings is 2. The predicted molar refractivity (Wildman–Crippen MR) is 104 cm³/mol. The summed E-state index contributed by atoms with van der Waals surface area (Å²) in [6, 6.07) is 15.8. The summed E-state index contributed by atoms with van der Waals surface area (Å²) in [7, 11) is 0. The van der Waals surface area contributed by atoms with Crippen molar-refractivity contribution in [1.29, 1.82) is 0 Å². The molecule has 7 heteroatoms. The van der Waals surface area contributed by atoms with E-state index in [0.29, 0.717) is 19.5 Å². The van der Waals surface area contributed by atoms with Gasteiger partial charge in [-0.25, -0.2) is 9.37 Å². The van der Waals surface area contributed by atoms with Gasteiger partial charge in [0.2, 0.25) is 5.13 Å². The number of carbonyl (C=O) groups excluding carboxylic acids is 1. The number of amides is 1. The number of nitrogens with zero attached hydrogens (tertiary/aromatic N) is 4. The van der Waals surface area contributed by atoms with Gasteiger partial charge in [0.05, 0.1) is 0 Å². The highest BCUT2D eigenvalue weighted by Crippen LogP contribution is 2.21. The van der Waals surface area contributed by atoms with Crippen LogP contribution in [0.2, 0.25) is 0 Å². The van der Waals surface area contributed by atoms with Crippen LogP contribution in [0.5, 0.6) is 0 Å². The van der Waals surface area contributed by atoms with Crippen molar-refractivity contribution in [2.24, 2.45) is 0 Å². The van der Waals surface area contributed by atoms with E-state index in [1.165, 1.54) is 23.7 Å². The van der Waals surface area contributed by atoms with E-state index >= 15 is 0 Å². The first kappa shape index (κ1) is 17.6. The molecule has 0 radical (unpaired) electrons. The molecule has 1 aliphatic rings. The van der Waals surface area contributed by atoms with Gasteiger partial charge in [0.1, 0.15) is 11.6 Å². The Balaban J connectivity index is 1.35. The standard InChI is InChI=1S/C20H19FN4OS/c21-17-8-6-15(7-9-17)14-18-22-20(27-23-18)25-12-10-24(11-13-25)19(26)16-4-2-1-3-5-16/h1-9H,10-14H2. The zero-order valence-electron chi connectivity index (χ0n) is 14.7. The molecule has 2 heterocycles. The van der Waals surface area contributed by atoms with Gasteiger partial charge in [0.25, 0.3) is 5.91 Å². The Morgan fingerprint density at radius 2 is 1.70 bits per heavy atom. The molecule has 0 N–H and O–H groups in total. The SMILES string of the molecule is O=C(c1ccccc1)N1CCN(c2nc(Cc3ccc(F)cc3)ns2)CC1. The van der Waals surface area contributed by atoms with Crippen LogP contribution in [0.15, 0.2) is 54.6 Å². The highest BCUT2D eigenvalue weighted by molar-refractivity contribution is 7.09. The maximum Gasteiger partial charge on any atom is 0.253 e. The van der Waals surface area contributed by atoms with Crippen molar-refractivity contribution >= 4 is 22.6 Å². The number of carbonyl (C=O) groups is 1. The maximum absolute atomic E-state index is 13.0. The Labute approximate surface area is 161 Å². The van der Waals surface area contributed by atoms with Gasteiger partial charge in [-0.15, -0.1) is 0 Å². The molecule has 0 atom stereocenters. The second-order valence-electron chi connectivity index (χ2n) is 6.44. The van der Waals surface area contributed by atoms with Crippen molar-refractivity contribution in [3.05, 3.63) is 77.4 Å². The summed E-state index contributed by atoms with van der Waals surface area (Å²) in [5.41, 5.74) is 1.71. The smallest absolute Gasteiger partial charge is 0.253 e. The lowest BCUT2D eigenvalue weighted by atomic mass is 10.1. The third-order valence-electron chi connectivity index (χ3n) is 4.59. The Bertz CT molecular complexity index is 905. The fraction of sp³-hybridized carbons (Fsp3) is 0.250. The molecular formula is C20H19FN4OS. The van der Waals surface area contributed by atoms with Crippen molar-refractivity contribution in [2.75, 3.05) is 31.1 Å². The van der Waals surface area contributed by atoms with E-state index < -0.39 is 0 Å². The molecule has 2 aromatic carbocycles. The number of rotatable bonds is 4. The summed E-state index contributed by atoms with van der Waals surface area (Å²) in [5, 5.41) is 0.874. The van der Waals surface area contributed by atoms with Crippen molar-refractivity contribution in [1.82, 2.24) is 14.3 Å². The van der Waals surface area contributed by atoms with Gasteiger partial charge in [0.15, 0.2) is 0 Å². The van der Waals surface area contributed by atoms with Gasteiger partial charge in [-0.05, 0) is 29.8 Å². The van der Waals surface area contributed by atoms with Gasteiger partial charge in [-0.3, -0.25) is 4.79 Å². The molecule has 0 saturated carbocycles. The van der Waals surface area contributed by atoms with Crippen LogP contribution in [-0.2, 0) is 6.42 Å². The van der Waals surface area contributed by atoms with Crippen LogP contribution in [0.4, 0.5) is 9.52 Å². The molecule has 0 spiro atoms. The minimum absolute atomic E-state index is 0.0736. The van der Waals surface area contributed by atoms with Gasteiger partial charge >= 0.3 is 0 Å². The highest BCUT2D eigenvalue weighted by atomic mass is 32.1. The Kier molecular flexibility index (Phi) is 5.11. The van der Waals surface area contributed by atoms with Gasteiger partial charge in [-0.2, -0.15) is 4.37 Å². The predicted octanol–water partition coefficient (Wildman–Crippen LogP) is 3.23. The molecule has 0 unspecified atom stereocenters. The first-order chi connectivity index (χ1) is 13.2. The maximum atomic E-state index is 13.0. The molecule has 138 valence electrons. The van der Waals surface area contributed by atoms with Gasteiger partial charge < -0.3 is 9.80 Å². The van der Waals surface area contributed by atoms with Crippen molar-refractivity contribution < 1.29 is 9.18 Å². The Morgan fingerprint density at radius 1 is 1.00 bits per heavy atom. The van der Waals surface area contributed by atoms with Crippen molar-refractivity contribution in [3.8, 4) is 0 Å². The zero-order chi connectivity index (χ0) is 18.6. The third-order valence-corrected chi connectivity index (χ3v) is 5.41. The molecule has 1 aromatic heterocycles. The molecule has 5 nitrogen and oxygen atoms in total. The largest absolute Gasteiger partial charge is 0.343 e. The minimum atomic E-state index is -0.242. The first-order valence-electron chi connectivity index (χ1n) is 8.85. The van der Waals surface area contributed by atoms with E-state index in [1.807, 2.05) is 35.2 Å². The third kappa shape index (κ3) is 4.14. The number of halogens is 1. The fourth-order valence-electron chi connectivity index (χ4n) is 3.09. The van der Waals surface area contributed by atoms with Crippen molar-refractivity contribution in [2.45, 2.75) is 6.42 Å². The monoisotopic (exact) mass is 382 g/mol. The van der Waals surface area contributed by atoms with Crippen LogP contribution < -0.4 is 4.90 Å². The fourth-order valence-corrected chi connectivity index (χ4v) is 3.83. The number of aromatic nitrogens is 2. The molecule has 1 fully saturated rings. The molecule has 0 bridgehead atoms. The summed E-state index contributed by atoms with van der Waals surface area (Å²) >= 11 is 1.37. The van der Waals surface area contributed by atoms with Crippen LogP contribution in [0.1, 0.15) is 21.7 Å². The zero-order valence-corrected chi connectivity index (χ0v) is 15.5. The summed E-state index contributed by atoms with van der Waals surface area (Å²) < 4.78 is 17.4. The lowest BCUT2D eigenvalue weighted by Gasteiger charge is -2.34. The minimum Gasteiger partial charge on any atom is -0.343 e. The van der Waals surface area contributed by atoms with Gasteiger partial charge in [0, 0.05) is 49.7 Å². The topological polar surface area (TPSA) is 49.3 Å². The van der Waals surface area contributed by atoms with Gasteiger partial charge in [-0.1, -0.05) is 30.3 Å². The van der Waals surface area contributed by atoms with E-state index in [0.717, 1.165) is 35.2 Å². The number of hydrogen-bond acceptors (Lipinski definition) is 5. The second kappa shape index (κ2) is 7.84. The lowest BCUT2D eigenvalue weighted by molar-refractivity contribution is 0.0747. The molecule has 1 saturated heterocycles. The van der Waals surface area contributed by atoms with Crippen LogP contribution in [0.25, 0.3) is 0 Å². The average molecular weight is 382 g/mol. The second-order valence-corrected chi connectivity index (χ2v) is 7.17. The van der Waals surface area contributed by atoms with Crippen LogP contribution in [0.3, 0.4) is 0 Å². The summed E-state index contributed by atoms with van der Waals surface area (Å²) in [6.45, 7) is 2.81. The molecule has 27 heavy (non-hydrogen) atoms. The van der Waals surface area contributed by atoms with Crippen molar-refractivity contribution in [3.63, 3.8) is 0 Å². The molecule has 1 amide bonds. The van der Waals surface area contributed by atoms with Crippen LogP contribution in [0, 0.1) is 5.82 Å². The van der Waals surface area contributed by atoms with E-state index in [4.69, 9.17) is 0 Å². The number of piperazine rings is 1. The Hall–Kier alpha value is -2.80. The summed E-state index contributed by atoms with van der Waals surface area (Å²) in [5.74, 6) is 0.572. The lowest BCUT2D eigenvalue weighted by Crippen LogP contribution is -2.48. The molecule has 1 aliphatic heterocycles. The van der Waals surface area contributed by atoms with Crippen LogP contribution >= 0.6 is 11.5 Å². The summed E-state index contributed by atoms with van der Waals surface area (Å²) in [4.78, 5) is 21.2. The van der Waals surface area contributed by atoms with E-state index in [-0.39, 0.29) is 11.7 Å². The molecular weight excluding hydrogens is 363 g/mol. The average Bonchev–Trinajstić information content (AvgIpc) is 3.18. The first-order valence-corrected chi connectivity index (χ1v) is 9.63. The van der Waals surface area contributed by atoms with Crippen LogP contribution in [-0.4, -0.2) is 46.3 Å². The van der Waals surface area contributed by atoms with E-state index in [9.17, 15) is 9.18 Å². The normalized spacial score (nSPS) is 14.4. The number of hydrogen-bond donors (Lipinski definition) is 0. The highest BCUT2D eigenvalue weighted by Gasteiger charge is 2.24. The molecule has 3 aromatic rings. The Morgan fingerprint density at radius 3 is 2.41 bits per heavy atom. The number of anilines is 1. The molecule has 4 rings (SSSR count). The van der Waals surface area contributed by atoms with E-state index in [1.54, 1.807) is 12.1 Å². The summed E-state index contributed by atoms with van der Waals surface area (Å²) in [6.07, 6.45) is 0.587. The quantitative estimate of drug-likeness (QED) is 0.695.